The van der Waals surface area contributed by atoms with Crippen molar-refractivity contribution in [1.82, 2.24) is 9.80 Å². The van der Waals surface area contributed by atoms with E-state index in [2.05, 4.69) is 53.2 Å². The number of para-hydroxylation sites is 2. The van der Waals surface area contributed by atoms with Crippen molar-refractivity contribution >= 4 is 34.7 Å². The van der Waals surface area contributed by atoms with Crippen LogP contribution in [0.4, 0.5) is 11.4 Å². The van der Waals surface area contributed by atoms with Gasteiger partial charge >= 0.3 is 0 Å². The molecule has 1 aliphatic carbocycles. The van der Waals surface area contributed by atoms with E-state index in [1.54, 1.807) is 0 Å². The molecule has 212 valence electrons. The number of rotatable bonds is 5. The van der Waals surface area contributed by atoms with Gasteiger partial charge in [-0.05, 0) is 41.2 Å². The van der Waals surface area contributed by atoms with Crippen molar-refractivity contribution in [3.8, 4) is 0 Å². The minimum atomic E-state index is -0.471. The van der Waals surface area contributed by atoms with Crippen LogP contribution in [0.5, 0.6) is 0 Å². The van der Waals surface area contributed by atoms with Crippen molar-refractivity contribution in [3.05, 3.63) is 106 Å². The Kier molecular flexibility index (Phi) is 7.62. The molecule has 3 aliphatic rings. The van der Waals surface area contributed by atoms with E-state index in [-0.39, 0.29) is 23.7 Å². The fourth-order valence-corrected chi connectivity index (χ4v) is 6.73. The Bertz CT molecular complexity index is 1480. The number of hydrogen-bond acceptors (Lipinski definition) is 5. The Morgan fingerprint density at radius 3 is 2.34 bits per heavy atom. The quantitative estimate of drug-likeness (QED) is 0.391. The number of fused-ring (bicyclic) bond motifs is 1. The zero-order valence-electron chi connectivity index (χ0n) is 23.8. The maximum Gasteiger partial charge on any atom is 0.242 e. The number of hydrogen-bond donors (Lipinski definition) is 1. The molecule has 0 bridgehead atoms. The molecular weight excluding hydrogens is 532 g/mol. The van der Waals surface area contributed by atoms with E-state index < -0.39 is 6.04 Å². The van der Waals surface area contributed by atoms with Crippen molar-refractivity contribution in [2.75, 3.05) is 42.9 Å². The topological polar surface area (TPSA) is 55.9 Å². The summed E-state index contributed by atoms with van der Waals surface area (Å²) in [4.78, 5) is 34.3. The van der Waals surface area contributed by atoms with Gasteiger partial charge in [0.15, 0.2) is 5.78 Å². The first-order chi connectivity index (χ1) is 19.8. The predicted molar refractivity (Wildman–Crippen MR) is 165 cm³/mol. The van der Waals surface area contributed by atoms with Gasteiger partial charge in [0, 0.05) is 55.4 Å². The maximum atomic E-state index is 14.0. The molecule has 2 heterocycles. The predicted octanol–water partition coefficient (Wildman–Crippen LogP) is 6.30. The molecule has 0 saturated carbocycles. The average molecular weight is 569 g/mol. The molecule has 6 rings (SSSR count). The molecule has 3 aromatic rings. The minimum absolute atomic E-state index is 0.0591. The van der Waals surface area contributed by atoms with Gasteiger partial charge in [0.25, 0.3) is 0 Å². The van der Waals surface area contributed by atoms with E-state index in [0.717, 1.165) is 48.7 Å². The molecular formula is C34H37ClN4O2. The zero-order chi connectivity index (χ0) is 28.6. The highest BCUT2D eigenvalue weighted by Crippen LogP contribution is 2.49. The second kappa shape index (κ2) is 11.3. The van der Waals surface area contributed by atoms with Crippen LogP contribution in [0.15, 0.2) is 90.1 Å². The third kappa shape index (κ3) is 5.77. The molecule has 0 aromatic heterocycles. The van der Waals surface area contributed by atoms with E-state index in [0.29, 0.717) is 30.1 Å². The number of carbonyl (C=O) groups is 2. The highest BCUT2D eigenvalue weighted by atomic mass is 35.5. The Balaban J connectivity index is 1.32. The maximum absolute atomic E-state index is 14.0. The molecule has 0 spiro atoms. The van der Waals surface area contributed by atoms with Gasteiger partial charge in [0.2, 0.25) is 5.91 Å². The molecule has 41 heavy (non-hydrogen) atoms. The lowest BCUT2D eigenvalue weighted by molar-refractivity contribution is -0.131. The van der Waals surface area contributed by atoms with Crippen LogP contribution in [0.25, 0.3) is 0 Å². The summed E-state index contributed by atoms with van der Waals surface area (Å²) >= 11 is 6.82. The number of anilines is 2. The van der Waals surface area contributed by atoms with Gasteiger partial charge in [-0.25, -0.2) is 0 Å². The summed E-state index contributed by atoms with van der Waals surface area (Å²) in [5.74, 6) is 0.164. The Hall–Kier alpha value is -3.61. The molecule has 1 N–H and O–H groups in total. The van der Waals surface area contributed by atoms with Crippen molar-refractivity contribution < 1.29 is 9.59 Å². The van der Waals surface area contributed by atoms with Gasteiger partial charge in [-0.15, -0.1) is 0 Å². The van der Waals surface area contributed by atoms with Crippen molar-refractivity contribution in [2.45, 2.75) is 39.3 Å². The molecule has 0 radical (unpaired) electrons. The molecule has 1 amide bonds. The van der Waals surface area contributed by atoms with Crippen molar-refractivity contribution in [2.24, 2.45) is 5.41 Å². The van der Waals surface area contributed by atoms with Crippen molar-refractivity contribution in [1.29, 1.82) is 0 Å². The van der Waals surface area contributed by atoms with E-state index in [1.807, 2.05) is 59.5 Å². The van der Waals surface area contributed by atoms with E-state index >= 15 is 0 Å². The van der Waals surface area contributed by atoms with Gasteiger partial charge in [-0.3, -0.25) is 14.5 Å². The molecule has 6 nitrogen and oxygen atoms in total. The van der Waals surface area contributed by atoms with Crippen LogP contribution in [-0.2, 0) is 16.1 Å². The standard InChI is InChI=1S/C34H37ClN4O2/c1-34(2)20-28-32(30(40)21-34)33(25-12-6-7-13-26(25)35)39(29-15-9-8-14-27(29)36-28)23-31(41)38-18-16-37(17-19-38)22-24-10-4-3-5-11-24/h3-15,33,36H,16-23H2,1-2H3. The van der Waals surface area contributed by atoms with E-state index in [1.165, 1.54) is 5.56 Å². The van der Waals surface area contributed by atoms with Crippen LogP contribution in [0, 0.1) is 5.41 Å². The monoisotopic (exact) mass is 568 g/mol. The number of halogens is 1. The first-order valence-electron chi connectivity index (χ1n) is 14.5. The van der Waals surface area contributed by atoms with Crippen LogP contribution in [0.1, 0.15) is 43.9 Å². The summed E-state index contributed by atoms with van der Waals surface area (Å²) in [7, 11) is 0. The zero-order valence-corrected chi connectivity index (χ0v) is 24.5. The third-order valence-electron chi connectivity index (χ3n) is 8.48. The lowest BCUT2D eigenvalue weighted by Gasteiger charge is -2.40. The largest absolute Gasteiger partial charge is 0.357 e. The van der Waals surface area contributed by atoms with Gasteiger partial charge in [0.05, 0.1) is 24.0 Å². The normalized spacial score (nSPS) is 20.7. The summed E-state index contributed by atoms with van der Waals surface area (Å²) < 4.78 is 0. The molecule has 1 fully saturated rings. The Morgan fingerprint density at radius 2 is 1.59 bits per heavy atom. The SMILES string of the molecule is CC1(C)CC(=O)C2=C(C1)Nc1ccccc1N(CC(=O)N1CCN(Cc3ccccc3)CC1)C2c1ccccc1Cl. The number of carbonyl (C=O) groups excluding carboxylic acids is 2. The van der Waals surface area contributed by atoms with Gasteiger partial charge in [0.1, 0.15) is 0 Å². The number of nitrogens with one attached hydrogen (secondary N) is 1. The molecule has 1 atom stereocenters. The van der Waals surface area contributed by atoms with Gasteiger partial charge in [-0.1, -0.05) is 86.1 Å². The summed E-state index contributed by atoms with van der Waals surface area (Å²) in [5, 5.41) is 4.21. The molecule has 1 saturated heterocycles. The number of Topliss-reactive ketones (excluding diaryl/α,β-unsaturated/α-hetero) is 1. The minimum Gasteiger partial charge on any atom is -0.357 e. The second-order valence-corrected chi connectivity index (χ2v) is 12.6. The number of ketones is 1. The average Bonchev–Trinajstić information content (AvgIpc) is 3.08. The summed E-state index contributed by atoms with van der Waals surface area (Å²) in [5.41, 5.74) is 5.41. The fourth-order valence-electron chi connectivity index (χ4n) is 6.49. The smallest absolute Gasteiger partial charge is 0.242 e. The second-order valence-electron chi connectivity index (χ2n) is 12.2. The van der Waals surface area contributed by atoms with Crippen LogP contribution in [0.3, 0.4) is 0 Å². The lowest BCUT2D eigenvalue weighted by atomic mass is 9.73. The van der Waals surface area contributed by atoms with Gasteiger partial charge < -0.3 is 15.1 Å². The number of benzene rings is 3. The van der Waals surface area contributed by atoms with E-state index in [4.69, 9.17) is 11.6 Å². The molecule has 7 heteroatoms. The van der Waals surface area contributed by atoms with Crippen LogP contribution in [-0.4, -0.2) is 54.2 Å². The van der Waals surface area contributed by atoms with Crippen molar-refractivity contribution in [3.63, 3.8) is 0 Å². The van der Waals surface area contributed by atoms with Crippen LogP contribution < -0.4 is 10.2 Å². The first-order valence-corrected chi connectivity index (χ1v) is 14.8. The van der Waals surface area contributed by atoms with Gasteiger partial charge in [-0.2, -0.15) is 0 Å². The first kappa shape index (κ1) is 27.6. The summed E-state index contributed by atoms with van der Waals surface area (Å²) in [6.45, 7) is 8.32. The van der Waals surface area contributed by atoms with E-state index in [9.17, 15) is 9.59 Å². The summed E-state index contributed by atoms with van der Waals surface area (Å²) in [6.07, 6.45) is 1.20. The highest BCUT2D eigenvalue weighted by Gasteiger charge is 2.42. The number of nitrogens with zero attached hydrogens (tertiary/aromatic N) is 3. The summed E-state index contributed by atoms with van der Waals surface area (Å²) in [6, 6.07) is 25.7. The molecule has 3 aromatic carbocycles. The Labute approximate surface area is 247 Å². The number of allylic oxidation sites excluding steroid dienone is 1. The van der Waals surface area contributed by atoms with Crippen LogP contribution >= 0.6 is 11.6 Å². The van der Waals surface area contributed by atoms with Crippen LogP contribution in [0.2, 0.25) is 5.02 Å². The third-order valence-corrected chi connectivity index (χ3v) is 8.83. The Morgan fingerprint density at radius 1 is 0.902 bits per heavy atom. The fraction of sp³-hybridized carbons (Fsp3) is 0.353. The molecule has 2 aliphatic heterocycles. The lowest BCUT2D eigenvalue weighted by Crippen LogP contribution is -2.51. The number of amides is 1. The number of piperazine rings is 1. The molecule has 1 unspecified atom stereocenters. The highest BCUT2D eigenvalue weighted by molar-refractivity contribution is 6.31.